The predicted octanol–water partition coefficient (Wildman–Crippen LogP) is 4.19. The van der Waals surface area contributed by atoms with Crippen molar-refractivity contribution in [3.8, 4) is 11.5 Å². The number of rotatable bonds is 4. The molecule has 0 aliphatic carbocycles. The van der Waals surface area contributed by atoms with Gasteiger partial charge in [0.25, 0.3) is 0 Å². The molecular formula is C22H22ClN3O2. The minimum atomic E-state index is 0.0850. The number of nitrogens with zero attached hydrogens (tertiary/aromatic N) is 3. The number of oxazole rings is 1. The lowest BCUT2D eigenvalue weighted by Gasteiger charge is -2.36. The fourth-order valence-corrected chi connectivity index (χ4v) is 3.62. The molecule has 1 saturated heterocycles. The van der Waals surface area contributed by atoms with Crippen LogP contribution in [-0.2, 0) is 11.2 Å². The molecule has 28 heavy (non-hydrogen) atoms. The summed E-state index contributed by atoms with van der Waals surface area (Å²) in [6.45, 7) is 4.82. The summed E-state index contributed by atoms with van der Waals surface area (Å²) < 4.78 is 5.77. The van der Waals surface area contributed by atoms with E-state index in [2.05, 4.69) is 9.88 Å². The molecule has 5 nitrogen and oxygen atoms in total. The van der Waals surface area contributed by atoms with E-state index in [9.17, 15) is 4.79 Å². The molecule has 2 aromatic carbocycles. The topological polar surface area (TPSA) is 49.6 Å². The van der Waals surface area contributed by atoms with Crippen molar-refractivity contribution >= 4 is 23.2 Å². The summed E-state index contributed by atoms with van der Waals surface area (Å²) in [5.41, 5.74) is 2.72. The molecule has 2 heterocycles. The summed E-state index contributed by atoms with van der Waals surface area (Å²) in [5.74, 6) is 1.35. The number of carbonyl (C=O) groups excluding carboxylic acids is 1. The van der Waals surface area contributed by atoms with Gasteiger partial charge in [-0.25, -0.2) is 4.98 Å². The molecule has 0 N–H and O–H groups in total. The summed E-state index contributed by atoms with van der Waals surface area (Å²) in [6, 6.07) is 17.6. The van der Waals surface area contributed by atoms with Crippen molar-refractivity contribution in [3.05, 3.63) is 71.1 Å². The Morgan fingerprint density at radius 2 is 1.82 bits per heavy atom. The summed E-state index contributed by atoms with van der Waals surface area (Å²) >= 11 is 6.09. The van der Waals surface area contributed by atoms with Crippen LogP contribution in [0.4, 0.5) is 5.69 Å². The molecule has 0 atom stereocenters. The Hall–Kier alpha value is -2.79. The second-order valence-electron chi connectivity index (χ2n) is 6.91. The SMILES string of the molecule is Cc1oc(-c2ccccc2)nc1CC(=O)N1CCN(c2cccc(Cl)c2)CC1. The maximum Gasteiger partial charge on any atom is 0.228 e. The quantitative estimate of drug-likeness (QED) is 0.664. The number of benzene rings is 2. The van der Waals surface area contributed by atoms with Gasteiger partial charge in [0.15, 0.2) is 0 Å². The highest BCUT2D eigenvalue weighted by Gasteiger charge is 2.23. The fraction of sp³-hybridized carbons (Fsp3) is 0.273. The van der Waals surface area contributed by atoms with Crippen LogP contribution in [0.2, 0.25) is 5.02 Å². The maximum absolute atomic E-state index is 12.8. The zero-order valence-corrected chi connectivity index (χ0v) is 16.5. The predicted molar refractivity (Wildman–Crippen MR) is 111 cm³/mol. The molecule has 3 aromatic rings. The van der Waals surface area contributed by atoms with Crippen LogP contribution in [-0.4, -0.2) is 42.0 Å². The van der Waals surface area contributed by atoms with Crippen LogP contribution in [0.5, 0.6) is 0 Å². The van der Waals surface area contributed by atoms with Gasteiger partial charge in [-0.3, -0.25) is 4.79 Å². The average molecular weight is 396 g/mol. The third-order valence-corrected chi connectivity index (χ3v) is 5.27. The van der Waals surface area contributed by atoms with Crippen molar-refractivity contribution in [1.29, 1.82) is 0 Å². The Balaban J connectivity index is 1.38. The van der Waals surface area contributed by atoms with E-state index in [0.717, 1.165) is 29.4 Å². The molecule has 0 radical (unpaired) electrons. The van der Waals surface area contributed by atoms with Crippen LogP contribution in [0.15, 0.2) is 59.0 Å². The van der Waals surface area contributed by atoms with Crippen LogP contribution < -0.4 is 4.90 Å². The third kappa shape index (κ3) is 4.04. The number of aromatic nitrogens is 1. The lowest BCUT2D eigenvalue weighted by atomic mass is 10.2. The molecule has 4 rings (SSSR count). The molecule has 1 aliphatic heterocycles. The van der Waals surface area contributed by atoms with Gasteiger partial charge in [0.2, 0.25) is 11.8 Å². The van der Waals surface area contributed by atoms with Crippen molar-refractivity contribution in [2.24, 2.45) is 0 Å². The van der Waals surface area contributed by atoms with Crippen LogP contribution in [0, 0.1) is 6.92 Å². The summed E-state index contributed by atoms with van der Waals surface area (Å²) in [5, 5.41) is 0.728. The average Bonchev–Trinajstić information content (AvgIpc) is 3.09. The number of hydrogen-bond acceptors (Lipinski definition) is 4. The summed E-state index contributed by atoms with van der Waals surface area (Å²) in [7, 11) is 0. The van der Waals surface area contributed by atoms with Crippen molar-refractivity contribution in [2.75, 3.05) is 31.1 Å². The van der Waals surface area contributed by atoms with Gasteiger partial charge < -0.3 is 14.2 Å². The Labute approximate surface area is 169 Å². The fourth-order valence-electron chi connectivity index (χ4n) is 3.44. The molecule has 1 fully saturated rings. The van der Waals surface area contributed by atoms with E-state index in [0.29, 0.717) is 30.4 Å². The van der Waals surface area contributed by atoms with E-state index in [1.165, 1.54) is 0 Å². The Morgan fingerprint density at radius 3 is 2.54 bits per heavy atom. The lowest BCUT2D eigenvalue weighted by Crippen LogP contribution is -2.49. The largest absolute Gasteiger partial charge is 0.441 e. The smallest absolute Gasteiger partial charge is 0.228 e. The van der Waals surface area contributed by atoms with Gasteiger partial charge in [-0.15, -0.1) is 0 Å². The first-order valence-corrected chi connectivity index (χ1v) is 9.78. The molecule has 1 aliphatic rings. The minimum Gasteiger partial charge on any atom is -0.441 e. The van der Waals surface area contributed by atoms with Gasteiger partial charge in [-0.1, -0.05) is 35.9 Å². The monoisotopic (exact) mass is 395 g/mol. The number of carbonyl (C=O) groups is 1. The molecule has 1 aromatic heterocycles. The number of piperazine rings is 1. The van der Waals surface area contributed by atoms with Gasteiger partial charge in [-0.2, -0.15) is 0 Å². The van der Waals surface area contributed by atoms with Gasteiger partial charge in [0.05, 0.1) is 12.1 Å². The first-order valence-electron chi connectivity index (χ1n) is 9.40. The van der Waals surface area contributed by atoms with Gasteiger partial charge in [0, 0.05) is 42.5 Å². The zero-order valence-electron chi connectivity index (χ0n) is 15.8. The van der Waals surface area contributed by atoms with Crippen LogP contribution in [0.1, 0.15) is 11.5 Å². The first-order chi connectivity index (χ1) is 13.6. The molecular weight excluding hydrogens is 374 g/mol. The maximum atomic E-state index is 12.8. The molecule has 6 heteroatoms. The molecule has 1 amide bonds. The molecule has 0 spiro atoms. The van der Waals surface area contributed by atoms with Gasteiger partial charge >= 0.3 is 0 Å². The second kappa shape index (κ2) is 8.07. The number of aryl methyl sites for hydroxylation is 1. The second-order valence-corrected chi connectivity index (χ2v) is 7.35. The highest BCUT2D eigenvalue weighted by molar-refractivity contribution is 6.30. The summed E-state index contributed by atoms with van der Waals surface area (Å²) in [6.07, 6.45) is 0.263. The van der Waals surface area contributed by atoms with E-state index in [4.69, 9.17) is 16.0 Å². The number of halogens is 1. The van der Waals surface area contributed by atoms with Crippen molar-refractivity contribution in [3.63, 3.8) is 0 Å². The van der Waals surface area contributed by atoms with Gasteiger partial charge in [-0.05, 0) is 37.3 Å². The van der Waals surface area contributed by atoms with Crippen LogP contribution >= 0.6 is 11.6 Å². The molecule has 0 saturated carbocycles. The first kappa shape index (κ1) is 18.6. The normalized spacial score (nSPS) is 14.4. The van der Waals surface area contributed by atoms with E-state index in [1.54, 1.807) is 0 Å². The Morgan fingerprint density at radius 1 is 1.07 bits per heavy atom. The zero-order chi connectivity index (χ0) is 19.5. The number of anilines is 1. The standard InChI is InChI=1S/C22H22ClN3O2/c1-16-20(24-22(28-16)17-6-3-2-4-7-17)15-21(27)26-12-10-25(11-13-26)19-9-5-8-18(23)14-19/h2-9,14H,10-13,15H2,1H3. The van der Waals surface area contributed by atoms with E-state index in [-0.39, 0.29) is 12.3 Å². The van der Waals surface area contributed by atoms with Crippen molar-refractivity contribution in [1.82, 2.24) is 9.88 Å². The molecule has 0 unspecified atom stereocenters. The summed E-state index contributed by atoms with van der Waals surface area (Å²) in [4.78, 5) is 21.5. The van der Waals surface area contributed by atoms with Crippen molar-refractivity contribution in [2.45, 2.75) is 13.3 Å². The highest BCUT2D eigenvalue weighted by Crippen LogP contribution is 2.23. The van der Waals surface area contributed by atoms with Crippen LogP contribution in [0.3, 0.4) is 0 Å². The van der Waals surface area contributed by atoms with Crippen LogP contribution in [0.25, 0.3) is 11.5 Å². The minimum absolute atomic E-state index is 0.0850. The Kier molecular flexibility index (Phi) is 5.35. The van der Waals surface area contributed by atoms with Gasteiger partial charge in [0.1, 0.15) is 5.76 Å². The third-order valence-electron chi connectivity index (χ3n) is 5.04. The number of amides is 1. The lowest BCUT2D eigenvalue weighted by molar-refractivity contribution is -0.130. The number of hydrogen-bond donors (Lipinski definition) is 0. The van der Waals surface area contributed by atoms with E-state index >= 15 is 0 Å². The Bertz CT molecular complexity index is 963. The van der Waals surface area contributed by atoms with Crippen molar-refractivity contribution < 1.29 is 9.21 Å². The molecule has 0 bridgehead atoms. The van der Waals surface area contributed by atoms with E-state index in [1.807, 2.05) is 66.4 Å². The van der Waals surface area contributed by atoms with E-state index < -0.39 is 0 Å². The highest BCUT2D eigenvalue weighted by atomic mass is 35.5. The molecule has 144 valence electrons.